The Morgan fingerprint density at radius 3 is 2.55 bits per heavy atom. The van der Waals surface area contributed by atoms with Crippen molar-refractivity contribution in [2.45, 2.75) is 12.8 Å². The van der Waals surface area contributed by atoms with Crippen molar-refractivity contribution in [1.82, 2.24) is 0 Å². The monoisotopic (exact) mass is 161 g/mol. The Balaban J connectivity index is 3.60. The summed E-state index contributed by atoms with van der Waals surface area (Å²) in [7, 11) is 1.27. The third-order valence-electron chi connectivity index (χ3n) is 1.17. The summed E-state index contributed by atoms with van der Waals surface area (Å²) in [4.78, 5) is 10.5. The number of hydrogen-bond donors (Lipinski definition) is 2. The molecule has 0 aromatic rings. The molecule has 5 heteroatoms. The summed E-state index contributed by atoms with van der Waals surface area (Å²) in [5.74, 6) is -0.389. The van der Waals surface area contributed by atoms with E-state index in [-0.39, 0.29) is 31.1 Å². The lowest BCUT2D eigenvalue weighted by Crippen LogP contribution is -2.09. The number of nitrogens with zero attached hydrogens (tertiary/aromatic N) is 1. The number of oxime groups is 1. The Labute approximate surface area is 64.3 Å². The topological polar surface area (TPSA) is 79.1 Å². The number of aliphatic hydroxyl groups is 1. The third kappa shape index (κ3) is 4.32. The number of carbonyl (C=O) groups is 1. The second-order valence-corrected chi connectivity index (χ2v) is 1.90. The van der Waals surface area contributed by atoms with Gasteiger partial charge in [-0.2, -0.15) is 0 Å². The number of hydrogen-bond acceptors (Lipinski definition) is 5. The standard InChI is InChI=1S/C6H11NO4/c1-11-6(9)3-2-5(4-8)7-10/h8,10H,2-4H2,1H3/b7-5-. The Bertz CT molecular complexity index is 155. The van der Waals surface area contributed by atoms with Gasteiger partial charge in [0.15, 0.2) is 0 Å². The molecule has 2 N–H and O–H groups in total. The highest BCUT2D eigenvalue weighted by Crippen LogP contribution is 1.94. The lowest BCUT2D eigenvalue weighted by molar-refractivity contribution is -0.140. The van der Waals surface area contributed by atoms with E-state index in [1.165, 1.54) is 7.11 Å². The zero-order valence-electron chi connectivity index (χ0n) is 6.28. The molecule has 0 fully saturated rings. The van der Waals surface area contributed by atoms with Crippen LogP contribution in [-0.4, -0.2) is 35.7 Å². The molecule has 0 heterocycles. The van der Waals surface area contributed by atoms with Gasteiger partial charge in [0.1, 0.15) is 0 Å². The van der Waals surface area contributed by atoms with Crippen molar-refractivity contribution in [3.8, 4) is 0 Å². The molecule has 0 atom stereocenters. The number of ether oxygens (including phenoxy) is 1. The van der Waals surface area contributed by atoms with Crippen molar-refractivity contribution in [3.63, 3.8) is 0 Å². The predicted octanol–water partition coefficient (Wildman–Crippen LogP) is -0.238. The van der Waals surface area contributed by atoms with E-state index < -0.39 is 0 Å². The molecule has 0 aliphatic heterocycles. The van der Waals surface area contributed by atoms with Crippen LogP contribution in [0.3, 0.4) is 0 Å². The molecule has 64 valence electrons. The third-order valence-corrected chi connectivity index (χ3v) is 1.17. The van der Waals surface area contributed by atoms with Crippen LogP contribution >= 0.6 is 0 Å². The van der Waals surface area contributed by atoms with Crippen LogP contribution in [0.1, 0.15) is 12.8 Å². The van der Waals surface area contributed by atoms with E-state index in [0.717, 1.165) is 0 Å². The average molecular weight is 161 g/mol. The Morgan fingerprint density at radius 1 is 1.55 bits per heavy atom. The van der Waals surface area contributed by atoms with Gasteiger partial charge in [-0.05, 0) is 0 Å². The Hall–Kier alpha value is -1.10. The van der Waals surface area contributed by atoms with Crippen LogP contribution in [0.5, 0.6) is 0 Å². The maximum absolute atomic E-state index is 10.5. The normalized spacial score (nSPS) is 11.3. The van der Waals surface area contributed by atoms with Crippen molar-refractivity contribution < 1.29 is 19.8 Å². The van der Waals surface area contributed by atoms with Gasteiger partial charge in [0.2, 0.25) is 0 Å². The summed E-state index contributed by atoms with van der Waals surface area (Å²) in [6, 6.07) is 0. The van der Waals surface area contributed by atoms with E-state index in [1.54, 1.807) is 0 Å². The van der Waals surface area contributed by atoms with E-state index in [4.69, 9.17) is 10.3 Å². The fraction of sp³-hybridized carbons (Fsp3) is 0.667. The molecule has 0 aromatic heterocycles. The van der Waals surface area contributed by atoms with Crippen molar-refractivity contribution in [1.29, 1.82) is 0 Å². The molecule has 0 aliphatic rings. The molecule has 5 nitrogen and oxygen atoms in total. The molecule has 0 saturated heterocycles. The minimum atomic E-state index is -0.389. The maximum atomic E-state index is 10.5. The molecule has 0 rings (SSSR count). The van der Waals surface area contributed by atoms with Crippen LogP contribution in [0, 0.1) is 0 Å². The van der Waals surface area contributed by atoms with E-state index in [0.29, 0.717) is 0 Å². The SMILES string of the molecule is COC(=O)CC/C(CO)=N/O. The van der Waals surface area contributed by atoms with Gasteiger partial charge < -0.3 is 15.1 Å². The van der Waals surface area contributed by atoms with Crippen LogP contribution in [0.25, 0.3) is 0 Å². The fourth-order valence-electron chi connectivity index (χ4n) is 0.509. The largest absolute Gasteiger partial charge is 0.469 e. The molecule has 0 aliphatic carbocycles. The molecule has 0 aromatic carbocycles. The van der Waals surface area contributed by atoms with Crippen molar-refractivity contribution in [2.75, 3.05) is 13.7 Å². The van der Waals surface area contributed by atoms with Gasteiger partial charge in [-0.15, -0.1) is 0 Å². The maximum Gasteiger partial charge on any atom is 0.305 e. The van der Waals surface area contributed by atoms with Crippen molar-refractivity contribution in [3.05, 3.63) is 0 Å². The number of rotatable bonds is 4. The van der Waals surface area contributed by atoms with Crippen LogP contribution < -0.4 is 0 Å². The van der Waals surface area contributed by atoms with Gasteiger partial charge in [-0.1, -0.05) is 5.16 Å². The highest BCUT2D eigenvalue weighted by atomic mass is 16.5. The fourth-order valence-corrected chi connectivity index (χ4v) is 0.509. The number of methoxy groups -OCH3 is 1. The lowest BCUT2D eigenvalue weighted by Gasteiger charge is -1.98. The van der Waals surface area contributed by atoms with Gasteiger partial charge >= 0.3 is 5.97 Å². The zero-order valence-corrected chi connectivity index (χ0v) is 6.28. The smallest absolute Gasteiger partial charge is 0.305 e. The number of esters is 1. The Morgan fingerprint density at radius 2 is 2.18 bits per heavy atom. The number of aliphatic hydroxyl groups excluding tert-OH is 1. The average Bonchev–Trinajstić information content (AvgIpc) is 2.06. The number of carbonyl (C=O) groups excluding carboxylic acids is 1. The quantitative estimate of drug-likeness (QED) is 0.258. The molecule has 0 bridgehead atoms. The molecule has 0 spiro atoms. The van der Waals surface area contributed by atoms with E-state index >= 15 is 0 Å². The summed E-state index contributed by atoms with van der Waals surface area (Å²) in [6.45, 7) is -0.340. The lowest BCUT2D eigenvalue weighted by atomic mass is 10.2. The first-order valence-electron chi connectivity index (χ1n) is 3.12. The molecule has 0 amide bonds. The zero-order chi connectivity index (χ0) is 8.69. The molecule has 0 unspecified atom stereocenters. The molecular weight excluding hydrogens is 150 g/mol. The highest BCUT2D eigenvalue weighted by Gasteiger charge is 2.03. The molecule has 0 saturated carbocycles. The first-order valence-corrected chi connectivity index (χ1v) is 3.12. The van der Waals surface area contributed by atoms with Gasteiger partial charge in [0.25, 0.3) is 0 Å². The van der Waals surface area contributed by atoms with Crippen LogP contribution in [0.2, 0.25) is 0 Å². The highest BCUT2D eigenvalue weighted by molar-refractivity contribution is 5.87. The van der Waals surface area contributed by atoms with Crippen LogP contribution in [0.4, 0.5) is 0 Å². The van der Waals surface area contributed by atoms with Gasteiger partial charge in [-0.3, -0.25) is 4.79 Å². The molecule has 11 heavy (non-hydrogen) atoms. The first kappa shape index (κ1) is 9.90. The van der Waals surface area contributed by atoms with Crippen LogP contribution in [-0.2, 0) is 9.53 Å². The summed E-state index contributed by atoms with van der Waals surface area (Å²) in [5, 5.41) is 19.4. The van der Waals surface area contributed by atoms with Crippen molar-refractivity contribution >= 4 is 11.7 Å². The van der Waals surface area contributed by atoms with Gasteiger partial charge in [-0.25, -0.2) is 0 Å². The van der Waals surface area contributed by atoms with Gasteiger partial charge in [0.05, 0.1) is 25.8 Å². The summed E-state index contributed by atoms with van der Waals surface area (Å²) in [5.41, 5.74) is 0.176. The predicted molar refractivity (Wildman–Crippen MR) is 37.6 cm³/mol. The summed E-state index contributed by atoms with van der Waals surface area (Å²) < 4.78 is 4.33. The van der Waals surface area contributed by atoms with Crippen molar-refractivity contribution in [2.24, 2.45) is 5.16 Å². The van der Waals surface area contributed by atoms with Crippen LogP contribution in [0.15, 0.2) is 5.16 Å². The summed E-state index contributed by atoms with van der Waals surface area (Å²) in [6.07, 6.45) is 0.343. The molecular formula is C6H11NO4. The Kier molecular flexibility index (Phi) is 5.10. The van der Waals surface area contributed by atoms with Gasteiger partial charge in [0, 0.05) is 6.42 Å². The minimum Gasteiger partial charge on any atom is -0.469 e. The minimum absolute atomic E-state index is 0.121. The van der Waals surface area contributed by atoms with E-state index in [1.807, 2.05) is 0 Å². The molecule has 0 radical (unpaired) electrons. The second-order valence-electron chi connectivity index (χ2n) is 1.90. The van der Waals surface area contributed by atoms with E-state index in [9.17, 15) is 4.79 Å². The second kappa shape index (κ2) is 5.67. The summed E-state index contributed by atoms with van der Waals surface area (Å²) >= 11 is 0. The first-order chi connectivity index (χ1) is 5.24. The van der Waals surface area contributed by atoms with E-state index in [2.05, 4.69) is 9.89 Å².